The van der Waals surface area contributed by atoms with Crippen molar-refractivity contribution in [3.63, 3.8) is 0 Å². The Hall–Kier alpha value is -0.620. The summed E-state index contributed by atoms with van der Waals surface area (Å²) in [7, 11) is 0. The number of rotatable bonds is 6. The van der Waals surface area contributed by atoms with Crippen LogP contribution in [0.2, 0.25) is 0 Å². The SMILES string of the molecule is CC1(C)O[C@@H]2[C@H](O1)[C@H](CC(=S)N1CCCCC1)O[C@@H]2[C@H]1COC(C)(C)O1.CC1(C)O[C@@H]2[C@H](O1)[C@H](CC(=S)N1CCCCC1)O[C@@H]2[C@H]1COC(C)(C)O1. The first-order chi connectivity index (χ1) is 24.5. The van der Waals surface area contributed by atoms with Gasteiger partial charge in [0.05, 0.1) is 35.4 Å². The fourth-order valence-corrected chi connectivity index (χ4v) is 9.70. The van der Waals surface area contributed by atoms with Gasteiger partial charge in [-0.05, 0) is 93.9 Å². The Morgan fingerprint density at radius 1 is 0.462 bits per heavy atom. The standard InChI is InChI=1S/2C19H31NO5S/c2*1-18(2)21-11-13(23-18)15-17-16(24-19(3,4)25-17)12(22-15)10-14(26)20-8-6-5-7-9-20/h2*12-13,15-17H,5-11H2,1-4H3/t2*12-,13+,15+,16+,17-/m00/s1. The van der Waals surface area contributed by atoms with Gasteiger partial charge in [-0.3, -0.25) is 0 Å². The summed E-state index contributed by atoms with van der Waals surface area (Å²) in [4.78, 5) is 6.60. The van der Waals surface area contributed by atoms with Crippen molar-refractivity contribution < 1.29 is 47.4 Å². The minimum Gasteiger partial charge on any atom is -0.366 e. The number of likely N-dealkylation sites (tertiary alicyclic amines) is 2. The van der Waals surface area contributed by atoms with Gasteiger partial charge in [0.15, 0.2) is 23.1 Å². The highest BCUT2D eigenvalue weighted by molar-refractivity contribution is 7.80. The van der Waals surface area contributed by atoms with Crippen molar-refractivity contribution >= 4 is 34.4 Å². The minimum atomic E-state index is -0.614. The van der Waals surface area contributed by atoms with Crippen LogP contribution in [0.1, 0.15) is 107 Å². The molecule has 0 aromatic rings. The van der Waals surface area contributed by atoms with Crippen LogP contribution in [-0.4, -0.2) is 143 Å². The molecule has 296 valence electrons. The van der Waals surface area contributed by atoms with Gasteiger partial charge in [0.2, 0.25) is 0 Å². The quantitative estimate of drug-likeness (QED) is 0.329. The van der Waals surface area contributed by atoms with Crippen LogP contribution >= 0.6 is 24.4 Å². The lowest BCUT2D eigenvalue weighted by Crippen LogP contribution is -2.40. The maximum Gasteiger partial charge on any atom is 0.164 e. The molecule has 0 aliphatic carbocycles. The average Bonchev–Trinajstić information content (AvgIpc) is 3.91. The number of fused-ring (bicyclic) bond motifs is 2. The van der Waals surface area contributed by atoms with Crippen LogP contribution in [0.15, 0.2) is 0 Å². The molecule has 8 heterocycles. The third-order valence-corrected chi connectivity index (χ3v) is 12.2. The fourth-order valence-electron chi connectivity index (χ4n) is 9.00. The molecule has 0 saturated carbocycles. The van der Waals surface area contributed by atoms with E-state index in [4.69, 9.17) is 71.8 Å². The summed E-state index contributed by atoms with van der Waals surface area (Å²) >= 11 is 11.5. The molecule has 0 amide bonds. The van der Waals surface area contributed by atoms with Crippen LogP contribution < -0.4 is 0 Å². The third-order valence-electron chi connectivity index (χ3n) is 11.3. The molecule has 0 aromatic heterocycles. The molecule has 52 heavy (non-hydrogen) atoms. The van der Waals surface area contributed by atoms with Gasteiger partial charge in [0.25, 0.3) is 0 Å². The predicted molar refractivity (Wildman–Crippen MR) is 200 cm³/mol. The Morgan fingerprint density at radius 2 is 0.808 bits per heavy atom. The lowest BCUT2D eigenvalue weighted by atomic mass is 10.0. The van der Waals surface area contributed by atoms with Crippen LogP contribution in [0, 0.1) is 0 Å². The third kappa shape index (κ3) is 8.99. The molecule has 0 N–H and O–H groups in total. The second kappa shape index (κ2) is 15.4. The number of hydrogen-bond acceptors (Lipinski definition) is 12. The molecule has 8 fully saturated rings. The van der Waals surface area contributed by atoms with Gasteiger partial charge < -0.3 is 57.2 Å². The van der Waals surface area contributed by atoms with E-state index in [-0.39, 0.29) is 61.0 Å². The van der Waals surface area contributed by atoms with Crippen molar-refractivity contribution in [2.75, 3.05) is 39.4 Å². The highest BCUT2D eigenvalue weighted by atomic mass is 32.1. The molecule has 8 rings (SSSR count). The van der Waals surface area contributed by atoms with E-state index in [1.54, 1.807) is 0 Å². The van der Waals surface area contributed by atoms with Crippen molar-refractivity contribution in [3.8, 4) is 0 Å². The summed E-state index contributed by atoms with van der Waals surface area (Å²) in [5.41, 5.74) is 0. The fraction of sp³-hybridized carbons (Fsp3) is 0.947. The number of piperidine rings is 2. The zero-order valence-electron chi connectivity index (χ0n) is 32.5. The summed E-state index contributed by atoms with van der Waals surface area (Å²) in [5.74, 6) is -2.39. The second-order valence-electron chi connectivity index (χ2n) is 17.4. The van der Waals surface area contributed by atoms with Gasteiger partial charge in [-0.2, -0.15) is 0 Å². The topological polar surface area (TPSA) is 98.8 Å². The zero-order chi connectivity index (χ0) is 37.1. The average molecular weight is 771 g/mol. The van der Waals surface area contributed by atoms with Gasteiger partial charge in [-0.15, -0.1) is 0 Å². The van der Waals surface area contributed by atoms with Crippen LogP contribution in [-0.2, 0) is 47.4 Å². The highest BCUT2D eigenvalue weighted by Gasteiger charge is 2.60. The molecule has 0 radical (unpaired) electrons. The second-order valence-corrected chi connectivity index (χ2v) is 18.4. The first-order valence-corrected chi connectivity index (χ1v) is 20.5. The number of thiocarbonyl (C=S) groups is 2. The normalized spacial score (nSPS) is 41.4. The Balaban J connectivity index is 0.000000162. The van der Waals surface area contributed by atoms with Crippen LogP contribution in [0.4, 0.5) is 0 Å². The number of nitrogens with zero attached hydrogens (tertiary/aromatic N) is 2. The number of ether oxygens (including phenoxy) is 10. The van der Waals surface area contributed by atoms with E-state index < -0.39 is 23.1 Å². The van der Waals surface area contributed by atoms with Crippen molar-refractivity contribution in [2.24, 2.45) is 0 Å². The summed E-state index contributed by atoms with van der Waals surface area (Å²) in [6, 6.07) is 0. The molecule has 0 bridgehead atoms. The first-order valence-electron chi connectivity index (χ1n) is 19.7. The maximum atomic E-state index is 6.39. The molecule has 8 saturated heterocycles. The van der Waals surface area contributed by atoms with E-state index in [0.717, 1.165) is 36.2 Å². The van der Waals surface area contributed by atoms with Crippen LogP contribution in [0.25, 0.3) is 0 Å². The van der Waals surface area contributed by atoms with E-state index in [1.165, 1.54) is 38.5 Å². The lowest BCUT2D eigenvalue weighted by Gasteiger charge is -2.31. The first kappa shape index (κ1) is 39.6. The monoisotopic (exact) mass is 770 g/mol. The molecule has 8 aliphatic rings. The lowest BCUT2D eigenvalue weighted by molar-refractivity contribution is -0.206. The van der Waals surface area contributed by atoms with E-state index in [2.05, 4.69) is 9.80 Å². The molecular formula is C38H62N2O10S2. The van der Waals surface area contributed by atoms with Crippen molar-refractivity contribution in [1.82, 2.24) is 9.80 Å². The van der Waals surface area contributed by atoms with Gasteiger partial charge in [-0.25, -0.2) is 0 Å². The molecule has 0 unspecified atom stereocenters. The summed E-state index contributed by atoms with van der Waals surface area (Å²) in [6.07, 6.45) is 7.42. The Morgan fingerprint density at radius 3 is 1.13 bits per heavy atom. The van der Waals surface area contributed by atoms with Crippen molar-refractivity contribution in [1.29, 1.82) is 0 Å². The molecule has 10 atom stereocenters. The molecule has 8 aliphatic heterocycles. The van der Waals surface area contributed by atoms with E-state index >= 15 is 0 Å². The van der Waals surface area contributed by atoms with E-state index in [1.807, 2.05) is 55.4 Å². The largest absolute Gasteiger partial charge is 0.366 e. The summed E-state index contributed by atoms with van der Waals surface area (Å²) in [6.45, 7) is 20.8. The highest BCUT2D eigenvalue weighted by Crippen LogP contribution is 2.45. The minimum absolute atomic E-state index is 0.103. The summed E-state index contributed by atoms with van der Waals surface area (Å²) < 4.78 is 61.1. The molecule has 14 heteroatoms. The van der Waals surface area contributed by atoms with Crippen molar-refractivity contribution in [2.45, 2.75) is 191 Å². The van der Waals surface area contributed by atoms with Gasteiger partial charge in [0, 0.05) is 39.0 Å². The molecular weight excluding hydrogens is 709 g/mol. The van der Waals surface area contributed by atoms with Crippen molar-refractivity contribution in [3.05, 3.63) is 0 Å². The Bertz CT molecular complexity index is 1190. The molecule has 0 spiro atoms. The molecule has 12 nitrogen and oxygen atoms in total. The molecule has 0 aromatic carbocycles. The van der Waals surface area contributed by atoms with Crippen LogP contribution in [0.5, 0.6) is 0 Å². The predicted octanol–water partition coefficient (Wildman–Crippen LogP) is 5.26. The van der Waals surface area contributed by atoms with Crippen LogP contribution in [0.3, 0.4) is 0 Å². The van der Waals surface area contributed by atoms with Gasteiger partial charge in [-0.1, -0.05) is 24.4 Å². The van der Waals surface area contributed by atoms with Gasteiger partial charge >= 0.3 is 0 Å². The maximum absolute atomic E-state index is 6.39. The summed E-state index contributed by atoms with van der Waals surface area (Å²) in [5, 5.41) is 0. The number of hydrogen-bond donors (Lipinski definition) is 0. The zero-order valence-corrected chi connectivity index (χ0v) is 34.1. The van der Waals surface area contributed by atoms with Gasteiger partial charge in [0.1, 0.15) is 48.8 Å². The van der Waals surface area contributed by atoms with E-state index in [9.17, 15) is 0 Å². The Kier molecular flexibility index (Phi) is 11.7. The Labute approximate surface area is 321 Å². The smallest absolute Gasteiger partial charge is 0.164 e. The van der Waals surface area contributed by atoms with E-state index in [0.29, 0.717) is 26.1 Å².